The lowest BCUT2D eigenvalue weighted by Crippen LogP contribution is -2.46. The summed E-state index contributed by atoms with van der Waals surface area (Å²) in [5.74, 6) is 0.964. The van der Waals surface area contributed by atoms with E-state index < -0.39 is 0 Å². The number of ether oxygens (including phenoxy) is 1. The minimum absolute atomic E-state index is 0.574. The fourth-order valence-electron chi connectivity index (χ4n) is 1.20. The second kappa shape index (κ2) is 3.59. The van der Waals surface area contributed by atoms with Crippen LogP contribution in [0.2, 0.25) is 0 Å². The van der Waals surface area contributed by atoms with Crippen LogP contribution >= 0.6 is 0 Å². The van der Waals surface area contributed by atoms with Crippen molar-refractivity contribution in [2.75, 3.05) is 13.2 Å². The van der Waals surface area contributed by atoms with Crippen molar-refractivity contribution in [3.05, 3.63) is 30.3 Å². The first-order valence-electron chi connectivity index (χ1n) is 4.36. The molecule has 1 fully saturated rings. The monoisotopic (exact) mass is 163 g/mol. The molecular formula is C10H13NO. The number of nitrogens with one attached hydrogen (secondary N) is 1. The molecule has 64 valence electrons. The van der Waals surface area contributed by atoms with Crippen molar-refractivity contribution in [2.45, 2.75) is 12.5 Å². The highest BCUT2D eigenvalue weighted by molar-refractivity contribution is 5.20. The van der Waals surface area contributed by atoms with Gasteiger partial charge in [0.25, 0.3) is 0 Å². The molecule has 1 aliphatic heterocycles. The van der Waals surface area contributed by atoms with Crippen LogP contribution in [0.3, 0.4) is 0 Å². The van der Waals surface area contributed by atoms with Crippen molar-refractivity contribution >= 4 is 0 Å². The lowest BCUT2D eigenvalue weighted by atomic mass is 10.1. The number of rotatable bonds is 3. The second-order valence-corrected chi connectivity index (χ2v) is 3.06. The zero-order valence-corrected chi connectivity index (χ0v) is 6.99. The SMILES string of the molecule is c1ccc(OCC2CCN2)cc1. The van der Waals surface area contributed by atoms with Crippen molar-refractivity contribution in [1.29, 1.82) is 0 Å². The quantitative estimate of drug-likeness (QED) is 0.727. The van der Waals surface area contributed by atoms with Crippen LogP contribution in [-0.4, -0.2) is 19.2 Å². The number of hydrogen-bond acceptors (Lipinski definition) is 2. The molecule has 2 nitrogen and oxygen atoms in total. The molecular weight excluding hydrogens is 150 g/mol. The van der Waals surface area contributed by atoms with Crippen LogP contribution in [0.4, 0.5) is 0 Å². The molecule has 0 radical (unpaired) electrons. The molecule has 1 saturated heterocycles. The molecule has 2 rings (SSSR count). The van der Waals surface area contributed by atoms with Crippen molar-refractivity contribution in [1.82, 2.24) is 5.32 Å². The lowest BCUT2D eigenvalue weighted by molar-refractivity contribution is 0.217. The molecule has 0 spiro atoms. The molecule has 0 amide bonds. The molecule has 2 heteroatoms. The van der Waals surface area contributed by atoms with E-state index in [2.05, 4.69) is 5.32 Å². The van der Waals surface area contributed by atoms with Gasteiger partial charge < -0.3 is 10.1 Å². The van der Waals surface area contributed by atoms with Crippen molar-refractivity contribution in [3.8, 4) is 5.75 Å². The average molecular weight is 163 g/mol. The van der Waals surface area contributed by atoms with Gasteiger partial charge in [-0.1, -0.05) is 18.2 Å². The Hall–Kier alpha value is -1.02. The molecule has 0 aromatic heterocycles. The molecule has 1 heterocycles. The van der Waals surface area contributed by atoms with Crippen molar-refractivity contribution in [3.63, 3.8) is 0 Å². The minimum Gasteiger partial charge on any atom is -0.492 e. The summed E-state index contributed by atoms with van der Waals surface area (Å²) in [6.45, 7) is 1.94. The normalized spacial score (nSPS) is 21.5. The summed E-state index contributed by atoms with van der Waals surface area (Å²) < 4.78 is 5.55. The lowest BCUT2D eigenvalue weighted by Gasteiger charge is -2.27. The van der Waals surface area contributed by atoms with Crippen LogP contribution in [0.15, 0.2) is 30.3 Å². The summed E-state index contributed by atoms with van der Waals surface area (Å²) in [6.07, 6.45) is 1.24. The van der Waals surface area contributed by atoms with E-state index in [0.717, 1.165) is 18.9 Å². The molecule has 1 aromatic rings. The predicted octanol–water partition coefficient (Wildman–Crippen LogP) is 1.43. The molecule has 1 aliphatic rings. The van der Waals surface area contributed by atoms with Crippen LogP contribution < -0.4 is 10.1 Å². The third-order valence-corrected chi connectivity index (χ3v) is 2.12. The Morgan fingerprint density at radius 2 is 2.08 bits per heavy atom. The first-order valence-corrected chi connectivity index (χ1v) is 4.36. The summed E-state index contributed by atoms with van der Waals surface area (Å²) >= 11 is 0. The fourth-order valence-corrected chi connectivity index (χ4v) is 1.20. The minimum atomic E-state index is 0.574. The van der Waals surface area contributed by atoms with E-state index in [9.17, 15) is 0 Å². The molecule has 12 heavy (non-hydrogen) atoms. The zero-order valence-electron chi connectivity index (χ0n) is 6.99. The van der Waals surface area contributed by atoms with Gasteiger partial charge >= 0.3 is 0 Å². The van der Waals surface area contributed by atoms with Gasteiger partial charge in [-0.2, -0.15) is 0 Å². The predicted molar refractivity (Wildman–Crippen MR) is 48.3 cm³/mol. The molecule has 0 bridgehead atoms. The Bertz CT molecular complexity index is 231. The molecule has 1 unspecified atom stereocenters. The number of para-hydroxylation sites is 1. The van der Waals surface area contributed by atoms with Gasteiger partial charge in [0.05, 0.1) is 0 Å². The van der Waals surface area contributed by atoms with Crippen molar-refractivity contribution < 1.29 is 4.74 Å². The Balaban J connectivity index is 1.79. The van der Waals surface area contributed by atoms with E-state index in [4.69, 9.17) is 4.74 Å². The van der Waals surface area contributed by atoms with E-state index >= 15 is 0 Å². The summed E-state index contributed by atoms with van der Waals surface area (Å²) in [7, 11) is 0. The summed E-state index contributed by atoms with van der Waals surface area (Å²) in [5, 5.41) is 3.29. The van der Waals surface area contributed by atoms with Gasteiger partial charge in [0.1, 0.15) is 12.4 Å². The molecule has 0 saturated carbocycles. The zero-order chi connectivity index (χ0) is 8.23. The largest absolute Gasteiger partial charge is 0.492 e. The van der Waals surface area contributed by atoms with E-state index in [0.29, 0.717) is 6.04 Å². The maximum atomic E-state index is 5.55. The standard InChI is InChI=1S/C10H13NO/c1-2-4-10(5-3-1)12-8-9-6-7-11-9/h1-5,9,11H,6-8H2. The first-order chi connectivity index (χ1) is 5.95. The van der Waals surface area contributed by atoms with Gasteiger partial charge in [-0.05, 0) is 25.1 Å². The Morgan fingerprint density at radius 3 is 2.67 bits per heavy atom. The molecule has 1 aromatic carbocycles. The maximum absolute atomic E-state index is 5.55. The molecule has 1 atom stereocenters. The summed E-state index contributed by atoms with van der Waals surface area (Å²) in [5.41, 5.74) is 0. The van der Waals surface area contributed by atoms with Crippen LogP contribution in [0.25, 0.3) is 0 Å². The highest BCUT2D eigenvalue weighted by atomic mass is 16.5. The van der Waals surface area contributed by atoms with Crippen LogP contribution in [0, 0.1) is 0 Å². The van der Waals surface area contributed by atoms with E-state index in [1.54, 1.807) is 0 Å². The van der Waals surface area contributed by atoms with Gasteiger partial charge in [0, 0.05) is 6.04 Å². The topological polar surface area (TPSA) is 21.3 Å². The maximum Gasteiger partial charge on any atom is 0.119 e. The van der Waals surface area contributed by atoms with Gasteiger partial charge in [-0.3, -0.25) is 0 Å². The highest BCUT2D eigenvalue weighted by Gasteiger charge is 2.16. The average Bonchev–Trinajstić information content (AvgIpc) is 2.04. The Labute approximate surface area is 72.5 Å². The van der Waals surface area contributed by atoms with Crippen molar-refractivity contribution in [2.24, 2.45) is 0 Å². The van der Waals surface area contributed by atoms with Gasteiger partial charge in [0.2, 0.25) is 0 Å². The van der Waals surface area contributed by atoms with E-state index in [1.165, 1.54) is 6.42 Å². The van der Waals surface area contributed by atoms with Gasteiger partial charge in [0.15, 0.2) is 0 Å². The van der Waals surface area contributed by atoms with E-state index in [1.807, 2.05) is 30.3 Å². The van der Waals surface area contributed by atoms with Crippen LogP contribution in [0.5, 0.6) is 5.75 Å². The fraction of sp³-hybridized carbons (Fsp3) is 0.400. The highest BCUT2D eigenvalue weighted by Crippen LogP contribution is 2.10. The summed E-state index contributed by atoms with van der Waals surface area (Å²) in [6, 6.07) is 10.5. The van der Waals surface area contributed by atoms with Crippen LogP contribution in [-0.2, 0) is 0 Å². The molecule has 0 aliphatic carbocycles. The Morgan fingerprint density at radius 1 is 1.33 bits per heavy atom. The van der Waals surface area contributed by atoms with Gasteiger partial charge in [-0.15, -0.1) is 0 Å². The smallest absolute Gasteiger partial charge is 0.119 e. The third-order valence-electron chi connectivity index (χ3n) is 2.12. The Kier molecular flexibility index (Phi) is 2.28. The number of benzene rings is 1. The van der Waals surface area contributed by atoms with Crippen LogP contribution in [0.1, 0.15) is 6.42 Å². The first kappa shape index (κ1) is 7.62. The number of hydrogen-bond donors (Lipinski definition) is 1. The summed E-state index contributed by atoms with van der Waals surface area (Å²) in [4.78, 5) is 0. The molecule has 1 N–H and O–H groups in total. The third kappa shape index (κ3) is 1.77. The van der Waals surface area contributed by atoms with E-state index in [-0.39, 0.29) is 0 Å². The van der Waals surface area contributed by atoms with Gasteiger partial charge in [-0.25, -0.2) is 0 Å². The second-order valence-electron chi connectivity index (χ2n) is 3.06.